The Morgan fingerprint density at radius 3 is 2.32 bits per heavy atom. The van der Waals surface area contributed by atoms with Crippen molar-refractivity contribution in [3.63, 3.8) is 0 Å². The number of nitrogens with zero attached hydrogens (tertiary/aromatic N) is 1. The van der Waals surface area contributed by atoms with Crippen LogP contribution in [0.25, 0.3) is 11.0 Å². The number of rotatable bonds is 8. The first-order valence-corrected chi connectivity index (χ1v) is 9.44. The number of anilines is 2. The van der Waals surface area contributed by atoms with Crippen molar-refractivity contribution >= 4 is 34.2 Å². The van der Waals surface area contributed by atoms with Crippen LogP contribution in [-0.4, -0.2) is 46.3 Å². The number of H-pyrrole nitrogens is 2. The molecule has 2 amide bonds. The molecule has 8 nitrogen and oxygen atoms in total. The molecule has 164 valence electrons. The second-order valence-corrected chi connectivity index (χ2v) is 6.87. The van der Waals surface area contributed by atoms with E-state index >= 15 is 0 Å². The van der Waals surface area contributed by atoms with Crippen LogP contribution in [0.5, 0.6) is 0 Å². The molecule has 0 aliphatic rings. The number of halogens is 3. The topological polar surface area (TPSA) is 110 Å². The first-order valence-electron chi connectivity index (χ1n) is 9.44. The standard InChI is InChI=1S/C20H20F3N5O3/c1-2-7-28(10-17(30)25-14-6-4-12(21)18(22)19(14)23)9-16(29)24-11-3-5-13-15(8-11)27-20(31)26-13/h3-6,8H,2,7,9-10H2,1H3,(H,24,29)(H,25,30)(H2,26,27,31). The number of nitrogens with one attached hydrogen (secondary N) is 4. The SMILES string of the molecule is CCCN(CC(=O)Nc1ccc2[nH]c(=O)[nH]c2c1)CC(=O)Nc1ccc(F)c(F)c1F. The third kappa shape index (κ3) is 5.51. The van der Waals surface area contributed by atoms with Gasteiger partial charge in [-0.15, -0.1) is 0 Å². The normalized spacial score (nSPS) is 11.1. The van der Waals surface area contributed by atoms with E-state index in [0.717, 1.165) is 6.07 Å². The van der Waals surface area contributed by atoms with Crippen molar-refractivity contribution in [2.75, 3.05) is 30.3 Å². The molecule has 0 aliphatic carbocycles. The van der Waals surface area contributed by atoms with Crippen LogP contribution >= 0.6 is 0 Å². The fourth-order valence-electron chi connectivity index (χ4n) is 3.06. The number of imidazole rings is 1. The molecule has 0 atom stereocenters. The fraction of sp³-hybridized carbons (Fsp3) is 0.250. The predicted molar refractivity (Wildman–Crippen MR) is 109 cm³/mol. The Balaban J connectivity index is 1.61. The molecular formula is C20H20F3N5O3. The van der Waals surface area contributed by atoms with Gasteiger partial charge in [-0.25, -0.2) is 18.0 Å². The van der Waals surface area contributed by atoms with Crippen LogP contribution < -0.4 is 16.3 Å². The average molecular weight is 435 g/mol. The summed E-state index contributed by atoms with van der Waals surface area (Å²) in [6, 6.07) is 6.47. The molecule has 0 aliphatic heterocycles. The van der Waals surface area contributed by atoms with E-state index in [1.165, 1.54) is 4.90 Å². The van der Waals surface area contributed by atoms with Crippen molar-refractivity contribution in [2.24, 2.45) is 0 Å². The lowest BCUT2D eigenvalue weighted by Crippen LogP contribution is -2.39. The molecule has 2 aromatic carbocycles. The monoisotopic (exact) mass is 435 g/mol. The number of benzene rings is 2. The molecule has 3 rings (SSSR count). The Hall–Kier alpha value is -3.60. The van der Waals surface area contributed by atoms with Gasteiger partial charge < -0.3 is 20.6 Å². The van der Waals surface area contributed by atoms with Gasteiger partial charge in [0, 0.05) is 5.69 Å². The number of carbonyl (C=O) groups excluding carboxylic acids is 2. The summed E-state index contributed by atoms with van der Waals surface area (Å²) >= 11 is 0. The zero-order valence-corrected chi connectivity index (χ0v) is 16.5. The van der Waals surface area contributed by atoms with Crippen LogP contribution in [0.15, 0.2) is 35.1 Å². The van der Waals surface area contributed by atoms with Crippen LogP contribution in [0.1, 0.15) is 13.3 Å². The van der Waals surface area contributed by atoms with Gasteiger partial charge in [0.1, 0.15) is 0 Å². The maximum absolute atomic E-state index is 13.7. The molecular weight excluding hydrogens is 415 g/mol. The van der Waals surface area contributed by atoms with E-state index in [1.807, 2.05) is 6.92 Å². The van der Waals surface area contributed by atoms with Gasteiger partial charge in [0.25, 0.3) is 0 Å². The molecule has 0 saturated carbocycles. The van der Waals surface area contributed by atoms with Gasteiger partial charge in [-0.2, -0.15) is 0 Å². The summed E-state index contributed by atoms with van der Waals surface area (Å²) in [7, 11) is 0. The van der Waals surface area contributed by atoms with E-state index in [0.29, 0.717) is 35.8 Å². The zero-order valence-electron chi connectivity index (χ0n) is 16.5. The first kappa shape index (κ1) is 22.1. The summed E-state index contributed by atoms with van der Waals surface area (Å²) in [6.07, 6.45) is 0.636. The van der Waals surface area contributed by atoms with E-state index in [1.54, 1.807) is 18.2 Å². The molecule has 0 fully saturated rings. The van der Waals surface area contributed by atoms with Crippen molar-refractivity contribution in [1.29, 1.82) is 0 Å². The van der Waals surface area contributed by atoms with Gasteiger partial charge in [-0.05, 0) is 43.3 Å². The van der Waals surface area contributed by atoms with Crippen LogP contribution in [0, 0.1) is 17.5 Å². The highest BCUT2D eigenvalue weighted by Crippen LogP contribution is 2.19. The smallest absolute Gasteiger partial charge is 0.323 e. The summed E-state index contributed by atoms with van der Waals surface area (Å²) in [5.41, 5.74) is 0.727. The second kappa shape index (κ2) is 9.47. The van der Waals surface area contributed by atoms with Crippen LogP contribution in [0.3, 0.4) is 0 Å². The highest BCUT2D eigenvalue weighted by molar-refractivity contribution is 5.95. The number of fused-ring (bicyclic) bond motifs is 1. The minimum Gasteiger partial charge on any atom is -0.325 e. The highest BCUT2D eigenvalue weighted by Gasteiger charge is 2.18. The van der Waals surface area contributed by atoms with Crippen LogP contribution in [-0.2, 0) is 9.59 Å². The van der Waals surface area contributed by atoms with Crippen molar-refractivity contribution in [3.8, 4) is 0 Å². The highest BCUT2D eigenvalue weighted by atomic mass is 19.2. The Bertz CT molecular complexity index is 1170. The Morgan fingerprint density at radius 2 is 1.61 bits per heavy atom. The predicted octanol–water partition coefficient (Wildman–Crippen LogP) is 2.56. The Kier molecular flexibility index (Phi) is 6.75. The van der Waals surface area contributed by atoms with Gasteiger partial charge in [0.15, 0.2) is 17.5 Å². The molecule has 4 N–H and O–H groups in total. The summed E-state index contributed by atoms with van der Waals surface area (Å²) in [5, 5.41) is 4.86. The van der Waals surface area contributed by atoms with Crippen molar-refractivity contribution in [1.82, 2.24) is 14.9 Å². The molecule has 31 heavy (non-hydrogen) atoms. The third-order valence-electron chi connectivity index (χ3n) is 4.38. The van der Waals surface area contributed by atoms with Gasteiger partial charge in [-0.3, -0.25) is 14.5 Å². The van der Waals surface area contributed by atoms with E-state index in [-0.39, 0.29) is 18.8 Å². The summed E-state index contributed by atoms with van der Waals surface area (Å²) in [5.74, 6) is -5.62. The molecule has 0 unspecified atom stereocenters. The first-order chi connectivity index (χ1) is 14.8. The van der Waals surface area contributed by atoms with Crippen LogP contribution in [0.2, 0.25) is 0 Å². The van der Waals surface area contributed by atoms with Gasteiger partial charge in [0.2, 0.25) is 11.8 Å². The number of aromatic amines is 2. The molecule has 1 heterocycles. The van der Waals surface area contributed by atoms with E-state index in [9.17, 15) is 27.6 Å². The molecule has 0 saturated heterocycles. The molecule has 3 aromatic rings. The quantitative estimate of drug-likeness (QED) is 0.408. The molecule has 1 aromatic heterocycles. The summed E-state index contributed by atoms with van der Waals surface area (Å²) in [4.78, 5) is 42.7. The van der Waals surface area contributed by atoms with E-state index < -0.39 is 35.0 Å². The van der Waals surface area contributed by atoms with Crippen molar-refractivity contribution in [3.05, 3.63) is 58.3 Å². The van der Waals surface area contributed by atoms with Gasteiger partial charge in [0.05, 0.1) is 29.8 Å². The van der Waals surface area contributed by atoms with Crippen molar-refractivity contribution < 1.29 is 22.8 Å². The zero-order chi connectivity index (χ0) is 22.5. The lowest BCUT2D eigenvalue weighted by atomic mass is 10.2. The number of hydrogen-bond acceptors (Lipinski definition) is 4. The maximum Gasteiger partial charge on any atom is 0.323 e. The number of amides is 2. The Morgan fingerprint density at radius 1 is 0.935 bits per heavy atom. The summed E-state index contributed by atoms with van der Waals surface area (Å²) < 4.78 is 40.1. The summed E-state index contributed by atoms with van der Waals surface area (Å²) in [6.45, 7) is 1.85. The minimum atomic E-state index is -1.68. The largest absolute Gasteiger partial charge is 0.325 e. The third-order valence-corrected chi connectivity index (χ3v) is 4.38. The molecule has 0 radical (unpaired) electrons. The minimum absolute atomic E-state index is 0.136. The maximum atomic E-state index is 13.7. The van der Waals surface area contributed by atoms with Crippen LogP contribution in [0.4, 0.5) is 24.5 Å². The van der Waals surface area contributed by atoms with E-state index in [4.69, 9.17) is 0 Å². The molecule has 0 bridgehead atoms. The molecule has 11 heteroatoms. The molecule has 0 spiro atoms. The van der Waals surface area contributed by atoms with Gasteiger partial charge >= 0.3 is 5.69 Å². The Labute approximate surface area is 174 Å². The lowest BCUT2D eigenvalue weighted by Gasteiger charge is -2.20. The van der Waals surface area contributed by atoms with E-state index in [2.05, 4.69) is 20.6 Å². The lowest BCUT2D eigenvalue weighted by molar-refractivity contribution is -0.120. The average Bonchev–Trinajstić information content (AvgIpc) is 3.07. The van der Waals surface area contributed by atoms with Gasteiger partial charge in [-0.1, -0.05) is 6.92 Å². The van der Waals surface area contributed by atoms with Crippen molar-refractivity contribution in [2.45, 2.75) is 13.3 Å². The number of carbonyl (C=O) groups is 2. The second-order valence-electron chi connectivity index (χ2n) is 6.87. The number of aromatic nitrogens is 2. The number of hydrogen-bond donors (Lipinski definition) is 4. The fourth-order valence-corrected chi connectivity index (χ4v) is 3.06.